The van der Waals surface area contributed by atoms with E-state index in [1.54, 1.807) is 6.33 Å². The number of likely N-dealkylation sites (N-methyl/N-ethyl adjacent to an activating group) is 1. The monoisotopic (exact) mass is 195 g/mol. The first-order valence-corrected chi connectivity index (χ1v) is 4.99. The van der Waals surface area contributed by atoms with E-state index in [0.29, 0.717) is 6.54 Å². The Hall–Kier alpha value is -0.870. The lowest BCUT2D eigenvalue weighted by Crippen LogP contribution is -2.44. The summed E-state index contributed by atoms with van der Waals surface area (Å²) in [6, 6.07) is 0. The normalized spacial score (nSPS) is 29.4. The molecule has 2 heterocycles. The highest BCUT2D eigenvalue weighted by atomic mass is 16.3. The van der Waals surface area contributed by atoms with Gasteiger partial charge in [-0.3, -0.25) is 0 Å². The first-order valence-electron chi connectivity index (χ1n) is 4.99. The van der Waals surface area contributed by atoms with Gasteiger partial charge >= 0.3 is 0 Å². The molecule has 1 aliphatic rings. The molecule has 0 radical (unpaired) electrons. The van der Waals surface area contributed by atoms with Gasteiger partial charge in [-0.05, 0) is 26.4 Å². The molecule has 1 aromatic rings. The van der Waals surface area contributed by atoms with Crippen LogP contribution in [-0.2, 0) is 12.6 Å². The third kappa shape index (κ3) is 1.67. The molecule has 0 spiro atoms. The molecule has 1 unspecified atom stereocenters. The maximum Gasteiger partial charge on any atom is 0.121 e. The van der Waals surface area contributed by atoms with Crippen molar-refractivity contribution >= 4 is 0 Å². The highest BCUT2D eigenvalue weighted by Gasteiger charge is 2.35. The lowest BCUT2D eigenvalue weighted by molar-refractivity contribution is -0.0309. The molecule has 78 valence electrons. The summed E-state index contributed by atoms with van der Waals surface area (Å²) in [5.41, 5.74) is 0.0559. The van der Waals surface area contributed by atoms with E-state index in [9.17, 15) is 5.11 Å². The zero-order valence-electron chi connectivity index (χ0n) is 8.77. The molecule has 1 N–H and O–H groups in total. The Balaban J connectivity index is 2.22. The van der Waals surface area contributed by atoms with Crippen molar-refractivity contribution in [2.24, 2.45) is 7.05 Å². The number of β-amino-alcohol motifs (C(OH)–C–C–N with tert-alkyl or cyclic N) is 1. The van der Waals surface area contributed by atoms with Crippen molar-refractivity contribution in [2.75, 3.05) is 20.1 Å². The zero-order valence-corrected chi connectivity index (χ0v) is 8.77. The molecular formula is C10H17N3O. The second kappa shape index (κ2) is 3.37. The van der Waals surface area contributed by atoms with Crippen LogP contribution in [0.1, 0.15) is 18.5 Å². The maximum absolute atomic E-state index is 10.4. The van der Waals surface area contributed by atoms with Crippen LogP contribution < -0.4 is 0 Å². The Morgan fingerprint density at radius 3 is 2.86 bits per heavy atom. The lowest BCUT2D eigenvalue weighted by atomic mass is 9.90. The van der Waals surface area contributed by atoms with Gasteiger partial charge in [-0.1, -0.05) is 0 Å². The van der Waals surface area contributed by atoms with E-state index >= 15 is 0 Å². The quantitative estimate of drug-likeness (QED) is 0.702. The van der Waals surface area contributed by atoms with Gasteiger partial charge in [0.15, 0.2) is 0 Å². The number of aryl methyl sites for hydroxylation is 1. The Kier molecular flexibility index (Phi) is 2.33. The van der Waals surface area contributed by atoms with E-state index in [0.717, 1.165) is 25.1 Å². The molecule has 1 atom stereocenters. The van der Waals surface area contributed by atoms with Crippen LogP contribution in [-0.4, -0.2) is 39.7 Å². The van der Waals surface area contributed by atoms with Crippen molar-refractivity contribution in [3.63, 3.8) is 0 Å². The Morgan fingerprint density at radius 2 is 2.29 bits per heavy atom. The fourth-order valence-corrected chi connectivity index (χ4v) is 2.11. The molecule has 2 rings (SSSR count). The van der Waals surface area contributed by atoms with E-state index in [1.807, 2.05) is 24.9 Å². The van der Waals surface area contributed by atoms with Crippen molar-refractivity contribution in [2.45, 2.75) is 18.4 Å². The third-order valence-corrected chi connectivity index (χ3v) is 2.84. The minimum atomic E-state index is -0.742. The number of imidazole rings is 1. The number of piperidine rings is 1. The highest BCUT2D eigenvalue weighted by molar-refractivity contribution is 5.11. The van der Waals surface area contributed by atoms with Crippen LogP contribution in [0.2, 0.25) is 0 Å². The van der Waals surface area contributed by atoms with Crippen LogP contribution in [0.5, 0.6) is 0 Å². The SMILES string of the molecule is CN1CCCC(O)(c2cn(C)cn2)C1. The molecule has 1 aliphatic heterocycles. The second-order valence-electron chi connectivity index (χ2n) is 4.30. The molecule has 1 aromatic heterocycles. The zero-order chi connectivity index (χ0) is 10.2. The van der Waals surface area contributed by atoms with Gasteiger partial charge in [-0.15, -0.1) is 0 Å². The maximum atomic E-state index is 10.4. The molecule has 0 aromatic carbocycles. The molecule has 4 nitrogen and oxygen atoms in total. The topological polar surface area (TPSA) is 41.3 Å². The number of rotatable bonds is 1. The van der Waals surface area contributed by atoms with Gasteiger partial charge in [0.25, 0.3) is 0 Å². The molecular weight excluding hydrogens is 178 g/mol. The molecule has 1 fully saturated rings. The summed E-state index contributed by atoms with van der Waals surface area (Å²) in [5.74, 6) is 0. The van der Waals surface area contributed by atoms with Crippen molar-refractivity contribution in [1.82, 2.24) is 14.5 Å². The average molecular weight is 195 g/mol. The molecule has 14 heavy (non-hydrogen) atoms. The van der Waals surface area contributed by atoms with Gasteiger partial charge in [0, 0.05) is 19.8 Å². The van der Waals surface area contributed by atoms with Crippen LogP contribution in [0.15, 0.2) is 12.5 Å². The number of aromatic nitrogens is 2. The lowest BCUT2D eigenvalue weighted by Gasteiger charge is -2.36. The van der Waals surface area contributed by atoms with Crippen molar-refractivity contribution < 1.29 is 5.11 Å². The Labute approximate surface area is 84.2 Å². The van der Waals surface area contributed by atoms with Crippen molar-refractivity contribution in [3.05, 3.63) is 18.2 Å². The predicted molar refractivity (Wildman–Crippen MR) is 53.8 cm³/mol. The van der Waals surface area contributed by atoms with Crippen molar-refractivity contribution in [1.29, 1.82) is 0 Å². The van der Waals surface area contributed by atoms with Gasteiger partial charge in [0.2, 0.25) is 0 Å². The first kappa shape index (κ1) is 9.68. The van der Waals surface area contributed by atoms with Gasteiger partial charge < -0.3 is 14.6 Å². The summed E-state index contributed by atoms with van der Waals surface area (Å²) in [4.78, 5) is 6.38. The Bertz CT molecular complexity index is 323. The second-order valence-corrected chi connectivity index (χ2v) is 4.30. The van der Waals surface area contributed by atoms with Crippen LogP contribution in [0.4, 0.5) is 0 Å². The summed E-state index contributed by atoms with van der Waals surface area (Å²) in [6.45, 7) is 1.75. The minimum Gasteiger partial charge on any atom is -0.382 e. The van der Waals surface area contributed by atoms with E-state index in [1.165, 1.54) is 0 Å². The van der Waals surface area contributed by atoms with Gasteiger partial charge in [-0.2, -0.15) is 0 Å². The summed E-state index contributed by atoms with van der Waals surface area (Å²) in [5, 5.41) is 10.4. The molecule has 4 heteroatoms. The largest absolute Gasteiger partial charge is 0.382 e. The van der Waals surface area contributed by atoms with Gasteiger partial charge in [0.1, 0.15) is 5.60 Å². The predicted octanol–water partition coefficient (Wildman–Crippen LogP) is 0.333. The fourth-order valence-electron chi connectivity index (χ4n) is 2.11. The summed E-state index contributed by atoms with van der Waals surface area (Å²) in [7, 11) is 3.96. The van der Waals surface area contributed by atoms with Gasteiger partial charge in [-0.25, -0.2) is 4.98 Å². The molecule has 0 amide bonds. The summed E-state index contributed by atoms with van der Waals surface area (Å²) >= 11 is 0. The standard InChI is InChI=1S/C10H17N3O/c1-12-5-3-4-10(14,7-12)9-6-13(2)8-11-9/h6,8,14H,3-5,7H2,1-2H3. The summed E-state index contributed by atoms with van der Waals surface area (Å²) < 4.78 is 1.88. The molecule has 1 saturated heterocycles. The van der Waals surface area contributed by atoms with Crippen LogP contribution in [0.3, 0.4) is 0 Å². The number of aliphatic hydroxyl groups is 1. The number of hydrogen-bond acceptors (Lipinski definition) is 3. The van der Waals surface area contributed by atoms with E-state index in [2.05, 4.69) is 9.88 Å². The van der Waals surface area contributed by atoms with Gasteiger partial charge in [0.05, 0.1) is 12.0 Å². The Morgan fingerprint density at radius 1 is 1.50 bits per heavy atom. The van der Waals surface area contributed by atoms with Crippen LogP contribution in [0, 0.1) is 0 Å². The third-order valence-electron chi connectivity index (χ3n) is 2.84. The summed E-state index contributed by atoms with van der Waals surface area (Å²) in [6.07, 6.45) is 5.49. The highest BCUT2D eigenvalue weighted by Crippen LogP contribution is 2.29. The smallest absolute Gasteiger partial charge is 0.121 e. The van der Waals surface area contributed by atoms with Crippen LogP contribution >= 0.6 is 0 Å². The van der Waals surface area contributed by atoms with E-state index < -0.39 is 5.60 Å². The molecule has 0 aliphatic carbocycles. The number of hydrogen-bond donors (Lipinski definition) is 1. The average Bonchev–Trinajstić information content (AvgIpc) is 2.52. The van der Waals surface area contributed by atoms with E-state index in [-0.39, 0.29) is 0 Å². The molecule has 0 bridgehead atoms. The fraction of sp³-hybridized carbons (Fsp3) is 0.700. The number of nitrogens with zero attached hydrogens (tertiary/aromatic N) is 3. The van der Waals surface area contributed by atoms with E-state index in [4.69, 9.17) is 0 Å². The minimum absolute atomic E-state index is 0.685. The first-order chi connectivity index (χ1) is 6.60. The van der Waals surface area contributed by atoms with Crippen LogP contribution in [0.25, 0.3) is 0 Å². The molecule has 0 saturated carbocycles. The number of likely N-dealkylation sites (tertiary alicyclic amines) is 1. The van der Waals surface area contributed by atoms with Crippen molar-refractivity contribution in [3.8, 4) is 0 Å².